The summed E-state index contributed by atoms with van der Waals surface area (Å²) in [7, 11) is 0. The van der Waals surface area contributed by atoms with Crippen LogP contribution in [0.5, 0.6) is 0 Å². The van der Waals surface area contributed by atoms with Crippen LogP contribution in [-0.4, -0.2) is 59.7 Å². The van der Waals surface area contributed by atoms with Crippen LogP contribution in [0.2, 0.25) is 0 Å². The fourth-order valence-corrected chi connectivity index (χ4v) is 8.36. The molecule has 0 atom stereocenters. The summed E-state index contributed by atoms with van der Waals surface area (Å²) in [6.07, 6.45) is 32.4. The van der Waals surface area contributed by atoms with Gasteiger partial charge >= 0.3 is 58.2 Å². The summed E-state index contributed by atoms with van der Waals surface area (Å²) in [5, 5.41) is 0. The standard InChI is InChI=1S/C42H42N8.7C5H5N.2O.Rb.U/c1-25-17-33-34(18-26(25)2)44-22-30-10-14-38(48-30)42(7,8)40-16-12-32(50-40)24-46-36-20-28(4)27(3)19-35(36)45-23-31-11-15-39(49-31)41(5,6)37-13-9-29(47-37)21-43-33;7*1-2-4-6-5-3-1;;;;/h9-24,47,49H,1-8H3;7*1-5H;;;;/q-2;;;;;;;;2*-2;+1;/p+2. The molecule has 0 saturated carbocycles. The molecular weight excluding hydrogens is 1490 g/mol. The molecule has 8 bridgehead atoms. The Hall–Kier alpha value is -8.93. The summed E-state index contributed by atoms with van der Waals surface area (Å²) in [5.74, 6) is 0. The van der Waals surface area contributed by atoms with E-state index in [0.717, 1.165) is 90.6 Å². The van der Waals surface area contributed by atoms with Crippen molar-refractivity contribution in [2.24, 2.45) is 20.0 Å². The second kappa shape index (κ2) is 45.4. The summed E-state index contributed by atoms with van der Waals surface area (Å²) in [6.45, 7) is 17.0. The van der Waals surface area contributed by atoms with E-state index in [2.05, 4.69) is 149 Å². The van der Waals surface area contributed by atoms with E-state index in [4.69, 9.17) is 29.9 Å². The first-order valence-corrected chi connectivity index (χ1v) is 30.0. The molecule has 12 heterocycles. The Labute approximate surface area is 636 Å². The maximum Gasteiger partial charge on any atom is 1.00 e. The molecule has 0 fully saturated rings. The third kappa shape index (κ3) is 28.6. The number of hydrogen-bond acceptors (Lipinski definition) is 9. The fraction of sp³-hybridized carbons (Fsp3) is 0.130. The number of hydrogen-bond donors (Lipinski definition) is 2. The van der Waals surface area contributed by atoms with Crippen molar-refractivity contribution in [3.63, 3.8) is 0 Å². The molecule has 0 amide bonds. The summed E-state index contributed by atoms with van der Waals surface area (Å²) < 4.78 is 0. The topological polar surface area (TPSA) is 259 Å². The largest absolute Gasteiger partial charge is 2.00 e. The minimum Gasteiger partial charge on any atom is -2.00 e. The zero-order valence-corrected chi connectivity index (χ0v) is 64.8. The van der Waals surface area contributed by atoms with Crippen LogP contribution in [0, 0.1) is 58.8 Å². The Kier molecular flexibility index (Phi) is 38.5. The van der Waals surface area contributed by atoms with E-state index in [1.165, 1.54) is 0 Å². The third-order valence-electron chi connectivity index (χ3n) is 14.0. The second-order valence-electron chi connectivity index (χ2n) is 21.6. The molecule has 0 saturated heterocycles. The molecule has 0 unspecified atom stereocenters. The molecule has 19 heteroatoms. The molecule has 17 nitrogen and oxygen atoms in total. The number of aromatic nitrogens is 11. The normalized spacial score (nSPS) is 11.4. The van der Waals surface area contributed by atoms with Gasteiger partial charge < -0.3 is 30.9 Å². The van der Waals surface area contributed by atoms with E-state index in [-0.39, 0.29) is 106 Å². The van der Waals surface area contributed by atoms with Gasteiger partial charge in [-0.2, -0.15) is 11.4 Å². The molecule has 13 aromatic rings. The van der Waals surface area contributed by atoms with E-state index in [0.29, 0.717) is 0 Å². The van der Waals surface area contributed by atoms with Gasteiger partial charge in [0, 0.05) is 147 Å². The van der Waals surface area contributed by atoms with Crippen LogP contribution in [0.15, 0.2) is 307 Å². The number of fused-ring (bicyclic) bond motifs is 10. The van der Waals surface area contributed by atoms with Crippen LogP contribution in [0.3, 0.4) is 0 Å². The summed E-state index contributed by atoms with van der Waals surface area (Å²) in [5.41, 5.74) is 14.4. The van der Waals surface area contributed by atoms with E-state index in [9.17, 15) is 0 Å². The number of rotatable bonds is 0. The number of benzene rings is 2. The number of pyridine rings is 7. The average molecular weight is 1570 g/mol. The smallest absolute Gasteiger partial charge is 1.00 e. The van der Waals surface area contributed by atoms with Gasteiger partial charge in [-0.15, -0.1) is 11.4 Å². The predicted molar refractivity (Wildman–Crippen MR) is 375 cm³/mol. The van der Waals surface area contributed by atoms with Crippen molar-refractivity contribution in [3.8, 4) is 0 Å². The first-order chi connectivity index (χ1) is 44.9. The molecule has 1 aliphatic heterocycles. The van der Waals surface area contributed by atoms with Gasteiger partial charge in [-0.05, 0) is 178 Å². The number of nitrogens with one attached hydrogen (secondary N) is 4. The third-order valence-corrected chi connectivity index (χ3v) is 14.0. The van der Waals surface area contributed by atoms with Crippen molar-refractivity contribution in [1.29, 1.82) is 0 Å². The Bertz CT molecular complexity index is 3410. The van der Waals surface area contributed by atoms with E-state index in [1.807, 2.05) is 201 Å². The molecule has 11 aromatic heterocycles. The Balaban J connectivity index is 0.000000413. The van der Waals surface area contributed by atoms with Crippen LogP contribution in [0.4, 0.5) is 22.7 Å². The molecule has 14 rings (SSSR count). The second-order valence-corrected chi connectivity index (χ2v) is 21.6. The van der Waals surface area contributed by atoms with E-state index < -0.39 is 5.41 Å². The number of aliphatic imine (C=N–C) groups is 4. The Morgan fingerprint density at radius 2 is 0.583 bits per heavy atom. The minimum atomic E-state index is -0.423. The van der Waals surface area contributed by atoms with Crippen molar-refractivity contribution in [2.45, 2.75) is 66.2 Å². The average Bonchev–Trinajstić information content (AvgIpc) is 1.72. The summed E-state index contributed by atoms with van der Waals surface area (Å²) >= 11 is 0. The van der Waals surface area contributed by atoms with Crippen molar-refractivity contribution in [2.75, 3.05) is 0 Å². The van der Waals surface area contributed by atoms with Crippen molar-refractivity contribution < 1.29 is 110 Å². The summed E-state index contributed by atoms with van der Waals surface area (Å²) in [6, 6.07) is 65.1. The van der Waals surface area contributed by atoms with Gasteiger partial charge in [0.15, 0.2) is 24.8 Å². The van der Waals surface area contributed by atoms with Crippen LogP contribution in [-0.2, 0) is 21.8 Å². The zero-order valence-electron chi connectivity index (χ0n) is 55.7. The van der Waals surface area contributed by atoms with Gasteiger partial charge in [-0.3, -0.25) is 44.9 Å². The first kappa shape index (κ1) is 81.3. The molecule has 1 aliphatic rings. The molecule has 96 heavy (non-hydrogen) atoms. The van der Waals surface area contributed by atoms with Crippen molar-refractivity contribution in [3.05, 3.63) is 355 Å². The fourth-order valence-electron chi connectivity index (χ4n) is 8.36. The van der Waals surface area contributed by atoms with Gasteiger partial charge in [-0.1, -0.05) is 80.6 Å². The SMILES string of the molecule is Cc1cc2c(cc1C)N=Cc1ccc([nH]1)C(C)(C)c1ccc([nH]1)C=Nc1cc(C)c(C)cc1N=Cc1ccc([n-]1)C(C)(C)c1ccc([n-]1)C=N2.[O-2].[O-2].[Rb+].[U].c1cc[nH+]cc1.c1cc[nH+]cc1.c1ccncc1.c1ccncc1.c1ccncc1.c1ccncc1.c1ccncc1. The molecule has 0 spiro atoms. The molecule has 482 valence electrons. The van der Waals surface area contributed by atoms with Gasteiger partial charge in [0.1, 0.15) is 0 Å². The van der Waals surface area contributed by atoms with Crippen molar-refractivity contribution in [1.82, 2.24) is 44.9 Å². The Morgan fingerprint density at radius 1 is 0.323 bits per heavy atom. The van der Waals surface area contributed by atoms with Crippen molar-refractivity contribution >= 4 is 47.6 Å². The van der Waals surface area contributed by atoms with E-state index >= 15 is 0 Å². The van der Waals surface area contributed by atoms with Crippen LogP contribution < -0.4 is 78.1 Å². The van der Waals surface area contributed by atoms with Crippen LogP contribution in [0.25, 0.3) is 0 Å². The first-order valence-electron chi connectivity index (χ1n) is 30.0. The molecule has 2 aromatic carbocycles. The van der Waals surface area contributed by atoms with Gasteiger partial charge in [0.2, 0.25) is 0 Å². The van der Waals surface area contributed by atoms with E-state index in [1.54, 1.807) is 62.0 Å². The molecule has 0 radical (unpaired) electrons. The Morgan fingerprint density at radius 3 is 0.802 bits per heavy atom. The quantitative estimate of drug-likeness (QED) is 0.148. The number of aryl methyl sites for hydroxylation is 4. The maximum absolute atomic E-state index is 4.95. The van der Waals surface area contributed by atoms with Gasteiger partial charge in [-0.25, -0.2) is 9.97 Å². The van der Waals surface area contributed by atoms with Gasteiger partial charge in [0.05, 0.1) is 46.6 Å². The molecule has 0 aliphatic carbocycles. The molecular formula is C77H79N15O2RbU-3. The minimum absolute atomic E-state index is 0. The predicted octanol–water partition coefficient (Wildman–Crippen LogP) is 12.6. The van der Waals surface area contributed by atoms with Gasteiger partial charge in [0.25, 0.3) is 0 Å². The number of aromatic amines is 4. The number of nitrogens with zero attached hydrogens (tertiary/aromatic N) is 11. The zero-order chi connectivity index (χ0) is 64.9. The molecule has 4 N–H and O–H groups in total. The van der Waals surface area contributed by atoms with Crippen LogP contribution >= 0.6 is 0 Å². The van der Waals surface area contributed by atoms with Crippen LogP contribution in [0.1, 0.15) is 95.5 Å². The summed E-state index contributed by atoms with van der Waals surface area (Å²) in [4.78, 5) is 61.3. The monoisotopic (exact) mass is 1570 g/mol. The number of H-pyrrole nitrogens is 4. The maximum atomic E-state index is 4.95.